The van der Waals surface area contributed by atoms with E-state index in [-0.39, 0.29) is 0 Å². The summed E-state index contributed by atoms with van der Waals surface area (Å²) in [5.41, 5.74) is 3.38. The molecule has 2 aromatic rings. The molecule has 0 aliphatic carbocycles. The number of benzene rings is 1. The topological polar surface area (TPSA) is 33.1 Å². The number of hydrogen-bond acceptors (Lipinski definition) is 3. The first-order chi connectivity index (χ1) is 12.2. The summed E-state index contributed by atoms with van der Waals surface area (Å²) in [6.45, 7) is 4.25. The summed E-state index contributed by atoms with van der Waals surface area (Å²) in [5, 5.41) is 9.89. The average Bonchev–Trinajstić information content (AvgIpc) is 2.80. The SMILES string of the molecule is Clc1ccc(Cl)c(-n2nc(CN3CCCCC3)c3c2NCCCC3)c1. The van der Waals surface area contributed by atoms with E-state index >= 15 is 0 Å². The minimum absolute atomic E-state index is 0.672. The first-order valence-electron chi connectivity index (χ1n) is 9.25. The third-order valence-corrected chi connectivity index (χ3v) is 5.73. The van der Waals surface area contributed by atoms with E-state index in [9.17, 15) is 0 Å². The van der Waals surface area contributed by atoms with Crippen molar-refractivity contribution >= 4 is 29.0 Å². The number of fused-ring (bicyclic) bond motifs is 1. The molecule has 6 heteroatoms. The van der Waals surface area contributed by atoms with E-state index in [1.54, 1.807) is 0 Å². The van der Waals surface area contributed by atoms with Crippen molar-refractivity contribution in [1.82, 2.24) is 14.7 Å². The zero-order valence-electron chi connectivity index (χ0n) is 14.4. The first-order valence-corrected chi connectivity index (χ1v) is 10.0. The molecule has 25 heavy (non-hydrogen) atoms. The molecule has 4 rings (SSSR count). The van der Waals surface area contributed by atoms with Crippen LogP contribution in [0.4, 0.5) is 5.82 Å². The molecule has 1 aromatic carbocycles. The number of hydrogen-bond donors (Lipinski definition) is 1. The lowest BCUT2D eigenvalue weighted by Crippen LogP contribution is -2.29. The van der Waals surface area contributed by atoms with Crippen LogP contribution in [0.15, 0.2) is 18.2 Å². The van der Waals surface area contributed by atoms with Gasteiger partial charge in [-0.15, -0.1) is 0 Å². The molecule has 0 spiro atoms. The molecular formula is C19H24Cl2N4. The molecule has 0 bridgehead atoms. The average molecular weight is 379 g/mol. The van der Waals surface area contributed by atoms with Crippen LogP contribution in [-0.4, -0.2) is 34.3 Å². The van der Waals surface area contributed by atoms with Crippen molar-refractivity contribution in [2.24, 2.45) is 0 Å². The molecule has 134 valence electrons. The summed E-state index contributed by atoms with van der Waals surface area (Å²) >= 11 is 12.7. The molecule has 1 saturated heterocycles. The second-order valence-corrected chi connectivity index (χ2v) is 7.85. The van der Waals surface area contributed by atoms with E-state index in [4.69, 9.17) is 28.3 Å². The van der Waals surface area contributed by atoms with Gasteiger partial charge in [-0.1, -0.05) is 29.6 Å². The van der Waals surface area contributed by atoms with E-state index in [1.165, 1.54) is 56.5 Å². The predicted molar refractivity (Wildman–Crippen MR) is 104 cm³/mol. The minimum Gasteiger partial charge on any atom is -0.370 e. The summed E-state index contributed by atoms with van der Waals surface area (Å²) in [5.74, 6) is 1.09. The molecule has 0 unspecified atom stereocenters. The van der Waals surface area contributed by atoms with Gasteiger partial charge in [-0.3, -0.25) is 4.90 Å². The zero-order chi connectivity index (χ0) is 17.2. The lowest BCUT2D eigenvalue weighted by Gasteiger charge is -2.25. The van der Waals surface area contributed by atoms with Crippen molar-refractivity contribution < 1.29 is 0 Å². The lowest BCUT2D eigenvalue weighted by molar-refractivity contribution is 0.217. The smallest absolute Gasteiger partial charge is 0.133 e. The predicted octanol–water partition coefficient (Wildman–Crippen LogP) is 4.91. The van der Waals surface area contributed by atoms with Crippen LogP contribution < -0.4 is 5.32 Å². The molecule has 0 amide bonds. The molecule has 0 atom stereocenters. The van der Waals surface area contributed by atoms with Gasteiger partial charge in [0.05, 0.1) is 16.4 Å². The largest absolute Gasteiger partial charge is 0.370 e. The van der Waals surface area contributed by atoms with Crippen LogP contribution in [-0.2, 0) is 13.0 Å². The van der Waals surface area contributed by atoms with Crippen LogP contribution in [0.1, 0.15) is 43.4 Å². The number of aromatic nitrogens is 2. The highest BCUT2D eigenvalue weighted by atomic mass is 35.5. The second-order valence-electron chi connectivity index (χ2n) is 7.00. The molecule has 4 nitrogen and oxygen atoms in total. The number of halogens is 2. The number of likely N-dealkylation sites (tertiary alicyclic amines) is 1. The Kier molecular flexibility index (Phi) is 5.20. The van der Waals surface area contributed by atoms with Gasteiger partial charge in [0.1, 0.15) is 5.82 Å². The summed E-state index contributed by atoms with van der Waals surface area (Å²) in [6, 6.07) is 5.56. The van der Waals surface area contributed by atoms with Crippen molar-refractivity contribution in [2.45, 2.75) is 45.1 Å². The highest BCUT2D eigenvalue weighted by molar-refractivity contribution is 6.34. The fourth-order valence-electron chi connectivity index (χ4n) is 3.85. The van der Waals surface area contributed by atoms with Crippen molar-refractivity contribution in [1.29, 1.82) is 0 Å². The fraction of sp³-hybridized carbons (Fsp3) is 0.526. The normalized spacial score (nSPS) is 18.5. The standard InChI is InChI=1S/C19H24Cl2N4/c20-14-7-8-16(21)18(12-14)25-19-15(6-2-3-9-22-19)17(23-25)13-24-10-4-1-5-11-24/h7-8,12,22H,1-6,9-11,13H2. The van der Waals surface area contributed by atoms with Crippen LogP contribution in [0, 0.1) is 0 Å². The van der Waals surface area contributed by atoms with Crippen LogP contribution in [0.3, 0.4) is 0 Å². The molecule has 1 fully saturated rings. The lowest BCUT2D eigenvalue weighted by atomic mass is 10.1. The van der Waals surface area contributed by atoms with Gasteiger partial charge in [0.2, 0.25) is 0 Å². The minimum atomic E-state index is 0.672. The third-order valence-electron chi connectivity index (χ3n) is 5.17. The van der Waals surface area contributed by atoms with Crippen molar-refractivity contribution in [3.05, 3.63) is 39.5 Å². The molecule has 1 aromatic heterocycles. The van der Waals surface area contributed by atoms with Crippen molar-refractivity contribution in [3.63, 3.8) is 0 Å². The maximum atomic E-state index is 6.46. The van der Waals surface area contributed by atoms with Crippen molar-refractivity contribution in [3.8, 4) is 5.69 Å². The van der Waals surface area contributed by atoms with Crippen LogP contribution in [0.5, 0.6) is 0 Å². The summed E-state index contributed by atoms with van der Waals surface area (Å²) < 4.78 is 1.97. The van der Waals surface area contributed by atoms with Gasteiger partial charge in [-0.2, -0.15) is 5.10 Å². The maximum absolute atomic E-state index is 6.46. The molecule has 0 radical (unpaired) electrons. The van der Waals surface area contributed by atoms with Crippen LogP contribution in [0.25, 0.3) is 5.69 Å². The molecule has 2 aliphatic rings. The van der Waals surface area contributed by atoms with E-state index in [0.29, 0.717) is 10.0 Å². The number of nitrogens with zero attached hydrogens (tertiary/aromatic N) is 3. The summed E-state index contributed by atoms with van der Waals surface area (Å²) in [6.07, 6.45) is 7.39. The number of rotatable bonds is 3. The molecule has 2 aliphatic heterocycles. The molecule has 0 saturated carbocycles. The monoisotopic (exact) mass is 378 g/mol. The zero-order valence-corrected chi connectivity index (χ0v) is 15.9. The first kappa shape index (κ1) is 17.2. The molecule has 1 N–H and O–H groups in total. The van der Waals surface area contributed by atoms with Gasteiger partial charge in [0.15, 0.2) is 0 Å². The Morgan fingerprint density at radius 1 is 1.04 bits per heavy atom. The second kappa shape index (κ2) is 7.56. The van der Waals surface area contributed by atoms with E-state index in [2.05, 4.69) is 10.2 Å². The van der Waals surface area contributed by atoms with Crippen molar-refractivity contribution in [2.75, 3.05) is 25.0 Å². The molecular weight excluding hydrogens is 355 g/mol. The Morgan fingerprint density at radius 3 is 2.72 bits per heavy atom. The number of nitrogens with one attached hydrogen (secondary N) is 1. The fourth-order valence-corrected chi connectivity index (χ4v) is 4.22. The van der Waals surface area contributed by atoms with E-state index in [0.717, 1.165) is 31.0 Å². The highest BCUT2D eigenvalue weighted by Crippen LogP contribution is 2.33. The third kappa shape index (κ3) is 3.67. The van der Waals surface area contributed by atoms with E-state index < -0.39 is 0 Å². The van der Waals surface area contributed by atoms with Gasteiger partial charge < -0.3 is 5.32 Å². The van der Waals surface area contributed by atoms with E-state index in [1.807, 2.05) is 22.9 Å². The highest BCUT2D eigenvalue weighted by Gasteiger charge is 2.23. The van der Waals surface area contributed by atoms with Crippen LogP contribution >= 0.6 is 23.2 Å². The maximum Gasteiger partial charge on any atom is 0.133 e. The molecule has 3 heterocycles. The number of piperidine rings is 1. The van der Waals surface area contributed by atoms with Gasteiger partial charge in [0, 0.05) is 23.7 Å². The Bertz CT molecular complexity index is 750. The van der Waals surface area contributed by atoms with Gasteiger partial charge in [-0.05, 0) is 63.4 Å². The Balaban J connectivity index is 1.74. The Hall–Kier alpha value is -1.23. The summed E-state index contributed by atoms with van der Waals surface area (Å²) in [4.78, 5) is 2.53. The quantitative estimate of drug-likeness (QED) is 0.822. The van der Waals surface area contributed by atoms with Gasteiger partial charge >= 0.3 is 0 Å². The Labute approximate surface area is 159 Å². The summed E-state index contributed by atoms with van der Waals surface area (Å²) in [7, 11) is 0. The van der Waals surface area contributed by atoms with Gasteiger partial charge in [-0.25, -0.2) is 4.68 Å². The van der Waals surface area contributed by atoms with Crippen LogP contribution in [0.2, 0.25) is 10.0 Å². The Morgan fingerprint density at radius 2 is 1.88 bits per heavy atom. The van der Waals surface area contributed by atoms with Gasteiger partial charge in [0.25, 0.3) is 0 Å². The number of anilines is 1.